The molecule has 2 rings (SSSR count). The lowest BCUT2D eigenvalue weighted by Crippen LogP contribution is -2.28. The summed E-state index contributed by atoms with van der Waals surface area (Å²) in [6.07, 6.45) is -3.53. The third-order valence-electron chi connectivity index (χ3n) is 1.99. The van der Waals surface area contributed by atoms with E-state index in [4.69, 9.17) is 0 Å². The first-order valence-electron chi connectivity index (χ1n) is 4.33. The molecule has 3 nitrogen and oxygen atoms in total. The molecule has 0 atom stereocenters. The Hall–Kier alpha value is -1.98. The summed E-state index contributed by atoms with van der Waals surface area (Å²) in [6, 6.07) is 6.62. The number of carbonyl (C=O) groups excluding carboxylic acids is 1. The van der Waals surface area contributed by atoms with Crippen molar-refractivity contribution in [3.63, 3.8) is 0 Å². The van der Waals surface area contributed by atoms with Crippen LogP contribution < -0.4 is 4.74 Å². The molecule has 0 radical (unpaired) electrons. The van der Waals surface area contributed by atoms with Crippen LogP contribution in [0.15, 0.2) is 30.5 Å². The third kappa shape index (κ3) is 1.86. The Morgan fingerprint density at radius 1 is 1.25 bits per heavy atom. The number of ether oxygens (including phenoxy) is 1. The van der Waals surface area contributed by atoms with Gasteiger partial charge in [0.25, 0.3) is 0 Å². The molecule has 0 aliphatic carbocycles. The molecule has 1 aromatic heterocycles. The molecule has 1 heterocycles. The van der Waals surface area contributed by atoms with Crippen LogP contribution in [0, 0.1) is 0 Å². The van der Waals surface area contributed by atoms with Gasteiger partial charge < -0.3 is 9.72 Å². The van der Waals surface area contributed by atoms with E-state index in [1.54, 1.807) is 24.3 Å². The molecule has 0 aliphatic heterocycles. The molecule has 16 heavy (non-hydrogen) atoms. The van der Waals surface area contributed by atoms with Gasteiger partial charge in [-0.1, -0.05) is 18.2 Å². The second-order valence-electron chi connectivity index (χ2n) is 3.09. The van der Waals surface area contributed by atoms with Crippen LogP contribution in [0.3, 0.4) is 0 Å². The predicted molar refractivity (Wildman–Crippen MR) is 50.0 cm³/mol. The monoisotopic (exact) mass is 229 g/mol. The fourth-order valence-electron chi connectivity index (χ4n) is 1.29. The molecule has 0 unspecified atom stereocenters. The van der Waals surface area contributed by atoms with Crippen LogP contribution in [0.4, 0.5) is 13.2 Å². The van der Waals surface area contributed by atoms with Crippen molar-refractivity contribution < 1.29 is 22.7 Å². The lowest BCUT2D eigenvalue weighted by Gasteiger charge is -2.05. The van der Waals surface area contributed by atoms with E-state index in [1.807, 2.05) is 0 Å². The number of esters is 1. The van der Waals surface area contributed by atoms with Crippen LogP contribution in [0.2, 0.25) is 0 Å². The van der Waals surface area contributed by atoms with Crippen LogP contribution in [0.25, 0.3) is 10.8 Å². The standard InChI is InChI=1S/C10H6F3NO2/c11-10(12,13)9(15)16-8-7-4-2-1-3-6(7)5-14-8/h1-5,14H. The quantitative estimate of drug-likeness (QED) is 0.764. The highest BCUT2D eigenvalue weighted by Crippen LogP contribution is 2.26. The Labute approximate surface area is 87.8 Å². The number of aromatic amines is 1. The van der Waals surface area contributed by atoms with Gasteiger partial charge in [0.2, 0.25) is 5.88 Å². The van der Waals surface area contributed by atoms with E-state index in [2.05, 4.69) is 9.72 Å². The molecule has 0 saturated heterocycles. The highest BCUT2D eigenvalue weighted by Gasteiger charge is 2.41. The van der Waals surface area contributed by atoms with E-state index >= 15 is 0 Å². The summed E-state index contributed by atoms with van der Waals surface area (Å²) >= 11 is 0. The average Bonchev–Trinajstić information content (AvgIpc) is 2.61. The lowest BCUT2D eigenvalue weighted by atomic mass is 10.2. The second kappa shape index (κ2) is 3.55. The van der Waals surface area contributed by atoms with Crippen LogP contribution in [0.5, 0.6) is 5.88 Å². The summed E-state index contributed by atoms with van der Waals surface area (Å²) in [5, 5.41) is 1.10. The molecule has 0 amide bonds. The predicted octanol–water partition coefficient (Wildman–Crippen LogP) is 2.64. The van der Waals surface area contributed by atoms with Crippen LogP contribution in [-0.2, 0) is 4.79 Å². The number of H-pyrrole nitrogens is 1. The van der Waals surface area contributed by atoms with E-state index in [0.29, 0.717) is 10.8 Å². The average molecular weight is 229 g/mol. The molecule has 0 spiro atoms. The van der Waals surface area contributed by atoms with E-state index in [9.17, 15) is 18.0 Å². The summed E-state index contributed by atoms with van der Waals surface area (Å²) in [4.78, 5) is 13.1. The normalized spacial score (nSPS) is 11.7. The molecule has 0 bridgehead atoms. The number of rotatable bonds is 1. The Bertz CT molecular complexity index is 530. The number of aromatic nitrogens is 1. The molecular weight excluding hydrogens is 223 g/mol. The number of benzene rings is 1. The number of fused-ring (bicyclic) bond motifs is 1. The maximum atomic E-state index is 12.0. The minimum atomic E-state index is -4.99. The van der Waals surface area contributed by atoms with Crippen molar-refractivity contribution >= 4 is 16.7 Å². The van der Waals surface area contributed by atoms with Gasteiger partial charge in [0.1, 0.15) is 0 Å². The Morgan fingerprint density at radius 3 is 2.62 bits per heavy atom. The summed E-state index contributed by atoms with van der Waals surface area (Å²) < 4.78 is 40.1. The SMILES string of the molecule is O=C(Oc1[nH]cc2ccccc12)C(F)(F)F. The van der Waals surface area contributed by atoms with Crippen molar-refractivity contribution in [2.45, 2.75) is 6.18 Å². The van der Waals surface area contributed by atoms with E-state index in [-0.39, 0.29) is 5.88 Å². The molecule has 6 heteroatoms. The molecule has 2 aromatic rings. The summed E-state index contributed by atoms with van der Waals surface area (Å²) in [7, 11) is 0. The van der Waals surface area contributed by atoms with Crippen LogP contribution in [-0.4, -0.2) is 17.1 Å². The first kappa shape index (κ1) is 10.5. The van der Waals surface area contributed by atoms with Gasteiger partial charge in [0, 0.05) is 17.0 Å². The first-order chi connectivity index (χ1) is 7.48. The van der Waals surface area contributed by atoms with Crippen LogP contribution >= 0.6 is 0 Å². The van der Waals surface area contributed by atoms with Gasteiger partial charge >= 0.3 is 12.1 Å². The largest absolute Gasteiger partial charge is 0.491 e. The Kier molecular flexibility index (Phi) is 2.34. The zero-order valence-electron chi connectivity index (χ0n) is 7.84. The molecule has 84 valence electrons. The summed E-state index contributed by atoms with van der Waals surface area (Å²) in [5.41, 5.74) is 0. The molecule has 0 saturated carbocycles. The number of carbonyl (C=O) groups is 1. The molecule has 0 fully saturated rings. The smallest absolute Gasteiger partial charge is 0.402 e. The fraction of sp³-hybridized carbons (Fsp3) is 0.100. The molecule has 1 aromatic carbocycles. The lowest BCUT2D eigenvalue weighted by molar-refractivity contribution is -0.189. The summed E-state index contributed by atoms with van der Waals surface area (Å²) in [6.45, 7) is 0. The Balaban J connectivity index is 2.32. The van der Waals surface area contributed by atoms with Crippen LogP contribution in [0.1, 0.15) is 0 Å². The maximum absolute atomic E-state index is 12.0. The van der Waals surface area contributed by atoms with Crippen molar-refractivity contribution in [1.82, 2.24) is 4.98 Å². The molecular formula is C10H6F3NO2. The van der Waals surface area contributed by atoms with E-state index < -0.39 is 12.1 Å². The zero-order valence-corrected chi connectivity index (χ0v) is 7.84. The van der Waals surface area contributed by atoms with Gasteiger partial charge in [-0.15, -0.1) is 0 Å². The van der Waals surface area contributed by atoms with E-state index in [0.717, 1.165) is 0 Å². The first-order valence-corrected chi connectivity index (χ1v) is 4.33. The highest BCUT2D eigenvalue weighted by atomic mass is 19.4. The van der Waals surface area contributed by atoms with Gasteiger partial charge in [0.15, 0.2) is 0 Å². The number of nitrogens with one attached hydrogen (secondary N) is 1. The van der Waals surface area contributed by atoms with Gasteiger partial charge in [-0.05, 0) is 6.07 Å². The van der Waals surface area contributed by atoms with Crippen molar-refractivity contribution in [3.05, 3.63) is 30.5 Å². The summed E-state index contributed by atoms with van der Waals surface area (Å²) in [5.74, 6) is -2.43. The minimum absolute atomic E-state index is 0.196. The zero-order chi connectivity index (χ0) is 11.8. The van der Waals surface area contributed by atoms with Gasteiger partial charge in [-0.3, -0.25) is 0 Å². The second-order valence-corrected chi connectivity index (χ2v) is 3.09. The Morgan fingerprint density at radius 2 is 1.94 bits per heavy atom. The number of hydrogen-bond donors (Lipinski definition) is 1. The van der Waals surface area contributed by atoms with Gasteiger partial charge in [0.05, 0.1) is 0 Å². The van der Waals surface area contributed by atoms with Crippen molar-refractivity contribution in [2.24, 2.45) is 0 Å². The van der Waals surface area contributed by atoms with Crippen molar-refractivity contribution in [3.8, 4) is 5.88 Å². The van der Waals surface area contributed by atoms with Crippen molar-refractivity contribution in [1.29, 1.82) is 0 Å². The van der Waals surface area contributed by atoms with E-state index in [1.165, 1.54) is 6.20 Å². The molecule has 0 aliphatic rings. The number of alkyl halides is 3. The number of halogens is 3. The fourth-order valence-corrected chi connectivity index (χ4v) is 1.29. The number of hydrogen-bond acceptors (Lipinski definition) is 2. The minimum Gasteiger partial charge on any atom is -0.402 e. The topological polar surface area (TPSA) is 42.1 Å². The molecule has 1 N–H and O–H groups in total. The maximum Gasteiger partial charge on any atom is 0.491 e. The van der Waals surface area contributed by atoms with Gasteiger partial charge in [-0.25, -0.2) is 4.79 Å². The van der Waals surface area contributed by atoms with Gasteiger partial charge in [-0.2, -0.15) is 13.2 Å². The third-order valence-corrected chi connectivity index (χ3v) is 1.99. The highest BCUT2D eigenvalue weighted by molar-refractivity contribution is 5.90. The van der Waals surface area contributed by atoms with Crippen molar-refractivity contribution in [2.75, 3.05) is 0 Å².